The number of H-pyrrole nitrogens is 1. The molecule has 6 nitrogen and oxygen atoms in total. The molecule has 4 aromatic rings. The Labute approximate surface area is 164 Å². The van der Waals surface area contributed by atoms with Crippen molar-refractivity contribution in [2.45, 2.75) is 17.8 Å². The molecule has 0 aliphatic carbocycles. The van der Waals surface area contributed by atoms with Gasteiger partial charge in [-0.1, -0.05) is 36.0 Å². The van der Waals surface area contributed by atoms with Gasteiger partial charge in [0, 0.05) is 5.75 Å². The maximum Gasteiger partial charge on any atom is 0.270 e. The fourth-order valence-electron chi connectivity index (χ4n) is 2.88. The van der Waals surface area contributed by atoms with E-state index in [1.54, 1.807) is 6.07 Å². The summed E-state index contributed by atoms with van der Waals surface area (Å²) < 4.78 is 20.7. The van der Waals surface area contributed by atoms with Crippen LogP contribution in [0.4, 0.5) is 4.39 Å². The van der Waals surface area contributed by atoms with Crippen molar-refractivity contribution in [3.63, 3.8) is 0 Å². The van der Waals surface area contributed by atoms with E-state index in [4.69, 9.17) is 4.74 Å². The smallest absolute Gasteiger partial charge is 0.270 e. The van der Waals surface area contributed by atoms with E-state index in [9.17, 15) is 9.18 Å². The minimum Gasteiger partial charge on any atom is -0.492 e. The molecule has 4 rings (SSSR count). The second kappa shape index (κ2) is 7.85. The Morgan fingerprint density at radius 2 is 2.07 bits per heavy atom. The number of aromatic amines is 1. The average molecular weight is 396 g/mol. The lowest BCUT2D eigenvalue weighted by atomic mass is 10.2. The zero-order chi connectivity index (χ0) is 19.5. The van der Waals surface area contributed by atoms with Gasteiger partial charge in [-0.15, -0.1) is 0 Å². The third kappa shape index (κ3) is 3.50. The molecule has 0 unspecified atom stereocenters. The second-order valence-electron chi connectivity index (χ2n) is 5.99. The summed E-state index contributed by atoms with van der Waals surface area (Å²) in [5.74, 6) is 0.749. The number of ether oxygens (including phenoxy) is 1. The van der Waals surface area contributed by atoms with E-state index in [2.05, 4.69) is 15.2 Å². The molecule has 0 amide bonds. The number of nitrogens with one attached hydrogen (secondary N) is 1. The van der Waals surface area contributed by atoms with E-state index >= 15 is 0 Å². The van der Waals surface area contributed by atoms with Crippen LogP contribution >= 0.6 is 11.8 Å². The highest BCUT2D eigenvalue weighted by molar-refractivity contribution is 7.98. The Kier molecular flexibility index (Phi) is 5.12. The van der Waals surface area contributed by atoms with Crippen LogP contribution in [0.2, 0.25) is 0 Å². The summed E-state index contributed by atoms with van der Waals surface area (Å²) in [7, 11) is 0. The Bertz CT molecular complexity index is 1190. The average Bonchev–Trinajstić information content (AvgIpc) is 3.17. The number of rotatable bonds is 6. The van der Waals surface area contributed by atoms with Crippen molar-refractivity contribution in [1.29, 1.82) is 0 Å². The highest BCUT2D eigenvalue weighted by Gasteiger charge is 2.17. The summed E-state index contributed by atoms with van der Waals surface area (Å²) in [5, 5.41) is 7.54. The lowest BCUT2D eigenvalue weighted by Gasteiger charge is -2.15. The van der Waals surface area contributed by atoms with E-state index in [1.807, 2.05) is 37.3 Å². The molecule has 28 heavy (non-hydrogen) atoms. The molecule has 0 saturated carbocycles. The molecule has 0 aliphatic heterocycles. The van der Waals surface area contributed by atoms with Crippen LogP contribution in [-0.2, 0) is 5.75 Å². The van der Waals surface area contributed by atoms with Crippen molar-refractivity contribution in [2.24, 2.45) is 0 Å². The highest BCUT2D eigenvalue weighted by atomic mass is 32.2. The van der Waals surface area contributed by atoms with Crippen LogP contribution in [0.25, 0.3) is 16.7 Å². The van der Waals surface area contributed by atoms with Gasteiger partial charge in [-0.05, 0) is 36.8 Å². The third-order valence-electron chi connectivity index (χ3n) is 4.11. The summed E-state index contributed by atoms with van der Waals surface area (Å²) in [6.45, 7) is 2.36. The zero-order valence-corrected chi connectivity index (χ0v) is 15.9. The Morgan fingerprint density at radius 3 is 2.89 bits per heavy atom. The molecule has 0 radical (unpaired) electrons. The van der Waals surface area contributed by atoms with Gasteiger partial charge in [0.2, 0.25) is 0 Å². The van der Waals surface area contributed by atoms with Crippen molar-refractivity contribution in [3.05, 3.63) is 76.5 Å². The number of benzene rings is 2. The van der Waals surface area contributed by atoms with Gasteiger partial charge in [-0.25, -0.2) is 9.37 Å². The van der Waals surface area contributed by atoms with Gasteiger partial charge in [0.05, 0.1) is 18.5 Å². The van der Waals surface area contributed by atoms with Crippen molar-refractivity contribution < 1.29 is 9.13 Å². The van der Waals surface area contributed by atoms with Gasteiger partial charge >= 0.3 is 0 Å². The van der Waals surface area contributed by atoms with Gasteiger partial charge < -0.3 is 4.74 Å². The van der Waals surface area contributed by atoms with Crippen LogP contribution in [0.15, 0.2) is 64.7 Å². The van der Waals surface area contributed by atoms with Crippen molar-refractivity contribution in [3.8, 4) is 11.4 Å². The lowest BCUT2D eigenvalue weighted by molar-refractivity contribution is 0.338. The number of fused-ring (bicyclic) bond motifs is 1. The fraction of sp³-hybridized carbons (Fsp3) is 0.150. The number of hydrogen-bond donors (Lipinski definition) is 1. The van der Waals surface area contributed by atoms with Crippen molar-refractivity contribution >= 4 is 22.8 Å². The van der Waals surface area contributed by atoms with E-state index in [1.165, 1.54) is 34.7 Å². The first kappa shape index (κ1) is 18.2. The summed E-state index contributed by atoms with van der Waals surface area (Å²) in [6.07, 6.45) is 1.46. The number of thioether (sulfide) groups is 1. The summed E-state index contributed by atoms with van der Waals surface area (Å²) in [5.41, 5.74) is 1.57. The van der Waals surface area contributed by atoms with Crippen LogP contribution in [0.5, 0.6) is 5.75 Å². The molecule has 142 valence electrons. The van der Waals surface area contributed by atoms with Gasteiger partial charge in [0.15, 0.2) is 10.8 Å². The molecule has 2 aromatic carbocycles. The SMILES string of the molecule is CCOc1ccccc1-n1c(SCc2cccc(F)c2)nc2[nH]ncc2c1=O. The summed E-state index contributed by atoms with van der Waals surface area (Å²) in [6, 6.07) is 13.7. The maximum atomic E-state index is 13.5. The zero-order valence-electron chi connectivity index (χ0n) is 15.1. The fourth-order valence-corrected chi connectivity index (χ4v) is 3.82. The Morgan fingerprint density at radius 1 is 1.21 bits per heavy atom. The number of nitrogens with zero attached hydrogens (tertiary/aromatic N) is 3. The van der Waals surface area contributed by atoms with E-state index in [-0.39, 0.29) is 11.4 Å². The monoisotopic (exact) mass is 396 g/mol. The molecule has 0 aliphatic rings. The third-order valence-corrected chi connectivity index (χ3v) is 5.12. The molecule has 0 atom stereocenters. The number of para-hydroxylation sites is 2. The maximum absolute atomic E-state index is 13.5. The van der Waals surface area contributed by atoms with Crippen LogP contribution in [0, 0.1) is 5.82 Å². The predicted molar refractivity (Wildman–Crippen MR) is 107 cm³/mol. The van der Waals surface area contributed by atoms with E-state index in [0.717, 1.165) is 5.56 Å². The standard InChI is InChI=1S/C20H17FN4O2S/c1-2-27-17-9-4-3-8-16(17)25-19(26)15-11-22-24-18(15)23-20(25)28-12-13-6-5-7-14(21)10-13/h3-11H,2,12H2,1H3,(H,22,24). The first-order valence-corrected chi connectivity index (χ1v) is 9.71. The van der Waals surface area contributed by atoms with Crippen LogP contribution < -0.4 is 10.3 Å². The predicted octanol–water partition coefficient (Wildman–Crippen LogP) is 3.94. The molecule has 2 heterocycles. The van der Waals surface area contributed by atoms with Crippen LogP contribution in [-0.4, -0.2) is 26.4 Å². The van der Waals surface area contributed by atoms with Crippen molar-refractivity contribution in [2.75, 3.05) is 6.61 Å². The molecular formula is C20H17FN4O2S. The largest absolute Gasteiger partial charge is 0.492 e. The van der Waals surface area contributed by atoms with Crippen LogP contribution in [0.1, 0.15) is 12.5 Å². The molecule has 0 bridgehead atoms. The molecule has 0 fully saturated rings. The first-order chi connectivity index (χ1) is 13.7. The Hall–Kier alpha value is -3.13. The lowest BCUT2D eigenvalue weighted by Crippen LogP contribution is -2.22. The number of hydrogen-bond acceptors (Lipinski definition) is 5. The van der Waals surface area contributed by atoms with Crippen molar-refractivity contribution in [1.82, 2.24) is 19.7 Å². The van der Waals surface area contributed by atoms with Gasteiger partial charge in [0.1, 0.15) is 17.0 Å². The minimum atomic E-state index is -0.297. The number of aromatic nitrogens is 4. The highest BCUT2D eigenvalue weighted by Crippen LogP contribution is 2.28. The molecule has 0 saturated heterocycles. The molecule has 8 heteroatoms. The normalized spacial score (nSPS) is 11.1. The summed E-state index contributed by atoms with van der Waals surface area (Å²) >= 11 is 1.34. The molecule has 0 spiro atoms. The second-order valence-corrected chi connectivity index (χ2v) is 6.93. The molecule has 1 N–H and O–H groups in total. The number of halogens is 1. The minimum absolute atomic E-state index is 0.243. The molecule has 2 aromatic heterocycles. The van der Waals surface area contributed by atoms with Gasteiger partial charge in [0.25, 0.3) is 5.56 Å². The summed E-state index contributed by atoms with van der Waals surface area (Å²) in [4.78, 5) is 17.7. The van der Waals surface area contributed by atoms with Gasteiger partial charge in [-0.2, -0.15) is 5.10 Å². The van der Waals surface area contributed by atoms with Gasteiger partial charge in [-0.3, -0.25) is 14.5 Å². The first-order valence-electron chi connectivity index (χ1n) is 8.73. The molecular weight excluding hydrogens is 379 g/mol. The topological polar surface area (TPSA) is 72.8 Å². The van der Waals surface area contributed by atoms with E-state index in [0.29, 0.717) is 40.0 Å². The quantitative estimate of drug-likeness (QED) is 0.395. The van der Waals surface area contributed by atoms with Crippen LogP contribution in [0.3, 0.4) is 0 Å². The van der Waals surface area contributed by atoms with E-state index < -0.39 is 0 Å². The Balaban J connectivity index is 1.83.